The number of nitrogens with zero attached hydrogens (tertiary/aromatic N) is 22. The molecule has 0 saturated heterocycles. The van der Waals surface area contributed by atoms with Gasteiger partial charge >= 0.3 is 28.4 Å². The zero-order chi connectivity index (χ0) is 86.8. The number of anilines is 3. The number of hydrogen-bond donors (Lipinski definition) is 7. The van der Waals surface area contributed by atoms with Gasteiger partial charge in [0.15, 0.2) is 21.0 Å². The van der Waals surface area contributed by atoms with Crippen molar-refractivity contribution in [3.05, 3.63) is 150 Å². The number of alkyl halides is 1. The molecule has 112 heavy (non-hydrogen) atoms. The van der Waals surface area contributed by atoms with Gasteiger partial charge in [-0.25, -0.2) is 40.2 Å². The summed E-state index contributed by atoms with van der Waals surface area (Å²) in [6.45, 7) is 17.3. The van der Waals surface area contributed by atoms with Gasteiger partial charge in [0.2, 0.25) is 50.3 Å². The summed E-state index contributed by atoms with van der Waals surface area (Å²) in [6, 6.07) is 0. The smallest absolute Gasteiger partial charge is 0.326 e. The highest BCUT2D eigenvalue weighted by Crippen LogP contribution is 2.32. The fourth-order valence-electron chi connectivity index (χ4n) is 6.12. The van der Waals surface area contributed by atoms with Gasteiger partial charge in [0.1, 0.15) is 42.2 Å². The van der Waals surface area contributed by atoms with Crippen LogP contribution in [0.5, 0.6) is 0 Å². The number of H-pyrrole nitrogens is 1. The van der Waals surface area contributed by atoms with Gasteiger partial charge < -0.3 is 11.1 Å². The second kappa shape index (κ2) is 58.2. The van der Waals surface area contributed by atoms with Crippen LogP contribution in [0.25, 0.3) is 0 Å². The lowest BCUT2D eigenvalue weighted by molar-refractivity contribution is -0.388. The molecule has 0 aromatic carbocycles. The minimum absolute atomic E-state index is 0. The van der Waals surface area contributed by atoms with Gasteiger partial charge in [-0.15, -0.1) is 0 Å². The normalized spacial score (nSPS) is 10.1. The quantitative estimate of drug-likeness (QED) is 0.00732. The van der Waals surface area contributed by atoms with E-state index in [-0.39, 0.29) is 90.7 Å². The van der Waals surface area contributed by atoms with Crippen LogP contribution >= 0.6 is 154 Å². The molecule has 0 atom stereocenters. The van der Waals surface area contributed by atoms with E-state index in [0.717, 1.165) is 17.1 Å². The fourth-order valence-corrected chi connectivity index (χ4v) is 11.2. The van der Waals surface area contributed by atoms with Crippen molar-refractivity contribution in [2.24, 2.45) is 42.3 Å². The number of hydrogen-bond acceptors (Lipinski definition) is 34. The lowest BCUT2D eigenvalue weighted by atomic mass is 10.5. The number of aromatic nitrogens is 18. The SMILES string of the molecule is C.C.CC(C)S.CC(C)S(=O)(=O)c1nn(C)cc1N.CC(C)S(=O)(=O)c1nn(C)cc1Nc1nc(Cl)ncc1Cl.CC(C)S(=O)(=O)c1nn(C)cc1[N+](=O)[O-].CC(C)Sc1nn(C)cc1[N+](=O)[O-].CI.CS.CS.CS.Clc1ncc(Cl)c(Cl)n1.Cn1cc([N+](=O)[O-])c(Cl)n1.Cn1cc([N+](=O)[O-])cn1.O=[N+]([O-])c1cn[nH]c1. The number of halogens is 7. The van der Waals surface area contributed by atoms with Crippen LogP contribution in [-0.2, 0) is 71.8 Å². The second-order valence-corrected chi connectivity index (χ2v) is 33.0. The van der Waals surface area contributed by atoms with Crippen molar-refractivity contribution in [2.45, 2.75) is 130 Å². The first-order chi connectivity index (χ1) is 50.9. The van der Waals surface area contributed by atoms with E-state index in [9.17, 15) is 75.8 Å². The first-order valence-corrected chi connectivity index (χ1v) is 42.9. The van der Waals surface area contributed by atoms with Crippen molar-refractivity contribution >= 4 is 230 Å². The van der Waals surface area contributed by atoms with Gasteiger partial charge in [0.05, 0.1) is 75.4 Å². The molecule has 0 spiro atoms. The summed E-state index contributed by atoms with van der Waals surface area (Å²) in [5, 5.41) is 81.8. The number of rotatable bonds is 15. The first kappa shape index (κ1) is 116. The average molecular weight is 1970 g/mol. The van der Waals surface area contributed by atoms with Crippen molar-refractivity contribution in [1.29, 1.82) is 0 Å². The summed E-state index contributed by atoms with van der Waals surface area (Å²) in [5.41, 5.74) is 5.45. The number of nitrogens with two attached hydrogens (primary N) is 1. The summed E-state index contributed by atoms with van der Waals surface area (Å²) in [4.78, 5) is 65.1. The number of sulfone groups is 3. The summed E-state index contributed by atoms with van der Waals surface area (Å²) in [6.07, 6.45) is 19.4. The molecule has 0 aliphatic carbocycles. The average Bonchev–Trinajstić information content (AvgIpc) is 1.63. The van der Waals surface area contributed by atoms with Crippen molar-refractivity contribution in [3.63, 3.8) is 0 Å². The van der Waals surface area contributed by atoms with E-state index in [1.807, 2.05) is 32.6 Å². The highest BCUT2D eigenvalue weighted by atomic mass is 127. The van der Waals surface area contributed by atoms with Crippen LogP contribution in [0.2, 0.25) is 30.9 Å². The van der Waals surface area contributed by atoms with Crippen LogP contribution in [0, 0.1) is 50.6 Å². The largest absolute Gasteiger partial charge is 0.395 e. The maximum absolute atomic E-state index is 12.3. The number of thioether (sulfide) groups is 1. The molecule has 9 aromatic heterocycles. The third kappa shape index (κ3) is 42.6. The Morgan fingerprint density at radius 2 is 0.875 bits per heavy atom. The van der Waals surface area contributed by atoms with Crippen molar-refractivity contribution in [1.82, 2.24) is 88.8 Å². The monoisotopic (exact) mass is 1960 g/mol. The molecule has 9 rings (SSSR count). The Morgan fingerprint density at radius 1 is 0.491 bits per heavy atom. The Kier molecular flexibility index (Phi) is 60.4. The van der Waals surface area contributed by atoms with E-state index >= 15 is 0 Å². The Bertz CT molecular complexity index is 4650. The highest BCUT2D eigenvalue weighted by molar-refractivity contribution is 14.1. The van der Waals surface area contributed by atoms with Gasteiger partial charge in [0, 0.05) is 59.9 Å². The number of nitrogens with one attached hydrogen (secondary N) is 2. The number of aryl methyl sites for hydroxylation is 6. The third-order valence-electron chi connectivity index (χ3n) is 10.8. The fraction of sp³-hybridized carbons (Fsp3) is 0.482. The molecule has 4 N–H and O–H groups in total. The molecule has 0 aliphatic rings. The molecular weight excluding hydrogens is 1870 g/mol. The highest BCUT2D eigenvalue weighted by Gasteiger charge is 2.33. The van der Waals surface area contributed by atoms with E-state index in [0.29, 0.717) is 20.5 Å². The summed E-state index contributed by atoms with van der Waals surface area (Å²) in [7, 11) is -1.02. The summed E-state index contributed by atoms with van der Waals surface area (Å²) >= 11 is 51.4. The van der Waals surface area contributed by atoms with E-state index in [4.69, 9.17) is 75.3 Å². The first-order valence-electron chi connectivity index (χ1n) is 29.7. The minimum atomic E-state index is -3.71. The predicted octanol–water partition coefficient (Wildman–Crippen LogP) is 14.3. The number of aromatic amines is 1. The standard InChI is InChI=1S/C11H13Cl2N5O2S.C7H11N3O4S.C7H11N3O2S.C7H13N3O2S.C4HCl3N2.C4H4ClN3O2.C4H5N3O2.C3H3N3O2.C3H8S.CH3I.3CH4S.2CH4/c1-6(2)21(19,20)10-8(5-18(3)17-10)15-9-7(12)4-14-11(13)16-9;1-5(2)15(13,14)7-6(10(11)12)4-9(3)8-7;1-5(2)13-7-6(10(11)12)4-9(3)8-7;1-5(2)13(11,12)7-6(8)4-10(3)9-7;5-2-1-8-4(7)9-3(2)6;1-7-2-3(8(9)10)4(5)6-7;1-6-3-4(2-5-6)7(8)9;7-6(8)3-1-4-5-2-3;1-3(2)4;4*1-2;;/h4-6H,1-3H3,(H,14,15,16);4-5H,1-3H3;4-5H,1-3H3;4-5H,8H2,1-3H3;1H;2H,1H3;2-3H,1H3;1-2H,(H,4,5);3-4H,1-2H3;1H3;3*2H,1H3;2*1H4. The van der Waals surface area contributed by atoms with Crippen LogP contribution in [0.4, 0.5) is 45.6 Å². The lowest BCUT2D eigenvalue weighted by Crippen LogP contribution is -2.16. The van der Waals surface area contributed by atoms with Crippen molar-refractivity contribution in [3.8, 4) is 0 Å². The molecule has 0 amide bonds. The molecule has 0 unspecified atom stereocenters. The number of nitro groups is 5. The Balaban J connectivity index is -0.000000284. The molecule has 0 fully saturated rings. The van der Waals surface area contributed by atoms with Crippen LogP contribution in [-0.4, -0.2) is 189 Å². The molecule has 634 valence electrons. The third-order valence-corrected chi connectivity index (χ3v) is 19.6. The molecule has 0 saturated carbocycles. The van der Waals surface area contributed by atoms with Gasteiger partial charge in [0.25, 0.3) is 5.03 Å². The van der Waals surface area contributed by atoms with Gasteiger partial charge in [-0.3, -0.25) is 83.8 Å². The molecule has 9 heterocycles. The van der Waals surface area contributed by atoms with Gasteiger partial charge in [-0.05, 0) is 93.7 Å². The van der Waals surface area contributed by atoms with Gasteiger partial charge in [-0.2, -0.15) is 91.2 Å². The molecule has 0 radical (unpaired) electrons. The van der Waals surface area contributed by atoms with E-state index in [1.165, 1.54) is 112 Å². The van der Waals surface area contributed by atoms with Gasteiger partial charge in [-0.1, -0.05) is 123 Å². The molecule has 9 aromatic rings. The summed E-state index contributed by atoms with van der Waals surface area (Å²) < 4.78 is 79.3. The Morgan fingerprint density at radius 3 is 1.21 bits per heavy atom. The zero-order valence-corrected chi connectivity index (χ0v) is 75.8. The molecule has 56 heteroatoms. The second-order valence-electron chi connectivity index (χ2n) is 20.9. The van der Waals surface area contributed by atoms with Crippen LogP contribution in [0.1, 0.15) is 84.1 Å². The topological polar surface area (TPSA) is 543 Å². The van der Waals surface area contributed by atoms with Crippen molar-refractivity contribution < 1.29 is 49.9 Å². The van der Waals surface area contributed by atoms with E-state index < -0.39 is 80.6 Å². The van der Waals surface area contributed by atoms with Crippen LogP contribution in [0.3, 0.4) is 0 Å². The maximum Gasteiger partial charge on any atom is 0.326 e. The van der Waals surface area contributed by atoms with E-state index in [2.05, 4.69) is 139 Å². The molecule has 41 nitrogen and oxygen atoms in total. The van der Waals surface area contributed by atoms with Crippen molar-refractivity contribution in [2.75, 3.05) is 34.7 Å². The Hall–Kier alpha value is -6.70. The van der Waals surface area contributed by atoms with Crippen LogP contribution < -0.4 is 11.1 Å². The predicted molar refractivity (Wildman–Crippen MR) is 463 cm³/mol. The zero-order valence-electron chi connectivity index (χ0n) is 62.3. The van der Waals surface area contributed by atoms with E-state index in [1.54, 1.807) is 81.7 Å². The molecule has 0 bridgehead atoms. The maximum atomic E-state index is 12.3. The lowest BCUT2D eigenvalue weighted by Gasteiger charge is -2.09. The van der Waals surface area contributed by atoms with Crippen LogP contribution in [0.15, 0.2) is 88.3 Å². The molecule has 0 aliphatic heterocycles. The summed E-state index contributed by atoms with van der Waals surface area (Å²) in [5.74, 6) is 0.213. The molecular formula is C56H92Cl6IN25O16S8. The minimum Gasteiger partial charge on any atom is -0.395 e. The number of thiol groups is 4. The number of nitrogen functional groups attached to an aromatic ring is 1. The Labute approximate surface area is 719 Å².